The normalized spacial score (nSPS) is 10.7. The van der Waals surface area contributed by atoms with Gasteiger partial charge in [0, 0.05) is 6.20 Å². The molecule has 0 bridgehead atoms. The highest BCUT2D eigenvalue weighted by Gasteiger charge is 2.18. The molecule has 0 amide bonds. The van der Waals surface area contributed by atoms with Gasteiger partial charge in [0.1, 0.15) is 0 Å². The molecule has 0 spiro atoms. The molecule has 80 valence electrons. The summed E-state index contributed by atoms with van der Waals surface area (Å²) in [5, 5.41) is -0.657. The first-order chi connectivity index (χ1) is 6.95. The molecule has 0 saturated heterocycles. The summed E-state index contributed by atoms with van der Waals surface area (Å²) in [6.07, 6.45) is 5.70. The van der Waals surface area contributed by atoms with Crippen LogP contribution in [0.3, 0.4) is 0 Å². The summed E-state index contributed by atoms with van der Waals surface area (Å²) in [5.74, 6) is 0.804. The number of nitrogens with one attached hydrogen (secondary N) is 1. The van der Waals surface area contributed by atoms with Crippen molar-refractivity contribution in [1.82, 2.24) is 9.97 Å². The van der Waals surface area contributed by atoms with Crippen molar-refractivity contribution in [2.45, 2.75) is 5.03 Å². The van der Waals surface area contributed by atoms with Crippen molar-refractivity contribution in [3.63, 3.8) is 0 Å². The topological polar surface area (TPSA) is 109 Å². The van der Waals surface area contributed by atoms with E-state index >= 15 is 0 Å². The second kappa shape index (κ2) is 4.12. The molecule has 0 saturated carbocycles. The Morgan fingerprint density at radius 2 is 2.40 bits per heavy atom. The number of nitrogens with zero attached hydrogens (tertiary/aromatic N) is 1. The van der Waals surface area contributed by atoms with Gasteiger partial charge in [-0.15, -0.1) is 6.42 Å². The summed E-state index contributed by atoms with van der Waals surface area (Å²) >= 11 is 0. The Morgan fingerprint density at radius 3 is 2.87 bits per heavy atom. The van der Waals surface area contributed by atoms with Crippen molar-refractivity contribution in [2.24, 2.45) is 0 Å². The average molecular weight is 230 g/mol. The van der Waals surface area contributed by atoms with Crippen LogP contribution in [0, 0.1) is 12.3 Å². The Bertz CT molecular complexity index is 510. The van der Waals surface area contributed by atoms with E-state index in [0.717, 1.165) is 6.20 Å². The molecular weight excluding hydrogens is 224 g/mol. The van der Waals surface area contributed by atoms with E-state index in [9.17, 15) is 13.2 Å². The molecule has 1 heterocycles. The molecule has 0 radical (unpaired) electrons. The number of carbonyl (C=O) groups is 1. The number of ether oxygens (including phenoxy) is 1. The number of carbonyl (C=O) groups excluding carboxylic acids is 1. The molecule has 1 aromatic heterocycles. The zero-order valence-electron chi connectivity index (χ0n) is 7.30. The van der Waals surface area contributed by atoms with Gasteiger partial charge in [0.2, 0.25) is 10.9 Å². The van der Waals surface area contributed by atoms with Crippen LogP contribution in [0.25, 0.3) is 0 Å². The van der Waals surface area contributed by atoms with E-state index in [1.165, 1.54) is 0 Å². The average Bonchev–Trinajstić information content (AvgIpc) is 2.62. The third-order valence-corrected chi connectivity index (χ3v) is 2.04. The minimum Gasteiger partial charge on any atom is -0.447 e. The number of aromatic nitrogens is 2. The first kappa shape index (κ1) is 11.2. The Morgan fingerprint density at radius 1 is 1.73 bits per heavy atom. The zero-order valence-corrected chi connectivity index (χ0v) is 8.11. The fourth-order valence-corrected chi connectivity index (χ4v) is 1.13. The summed E-state index contributed by atoms with van der Waals surface area (Å²) in [7, 11) is -4.43. The van der Waals surface area contributed by atoms with E-state index in [1.54, 1.807) is 0 Å². The third kappa shape index (κ3) is 2.80. The van der Waals surface area contributed by atoms with Crippen LogP contribution in [0.4, 0.5) is 0 Å². The zero-order chi connectivity index (χ0) is 11.5. The summed E-state index contributed by atoms with van der Waals surface area (Å²) < 4.78 is 34.2. The van der Waals surface area contributed by atoms with Gasteiger partial charge in [-0.25, -0.2) is 9.78 Å². The van der Waals surface area contributed by atoms with E-state index < -0.39 is 21.1 Å². The molecule has 0 aliphatic heterocycles. The van der Waals surface area contributed by atoms with Gasteiger partial charge < -0.3 is 9.72 Å². The van der Waals surface area contributed by atoms with E-state index in [0.29, 0.717) is 0 Å². The number of hydrogen-bond acceptors (Lipinski definition) is 5. The van der Waals surface area contributed by atoms with E-state index in [4.69, 9.17) is 11.0 Å². The first-order valence-corrected chi connectivity index (χ1v) is 5.02. The maximum atomic E-state index is 11.1. The number of terminal acetylenes is 1. The van der Waals surface area contributed by atoms with Gasteiger partial charge in [-0.05, 0) is 0 Å². The van der Waals surface area contributed by atoms with Crippen molar-refractivity contribution >= 4 is 16.1 Å². The minimum atomic E-state index is -4.43. The fraction of sp³-hybridized carbons (Fsp3) is 0.143. The van der Waals surface area contributed by atoms with Crippen LogP contribution in [0.15, 0.2) is 11.2 Å². The predicted molar refractivity (Wildman–Crippen MR) is 47.5 cm³/mol. The van der Waals surface area contributed by atoms with Crippen molar-refractivity contribution in [2.75, 3.05) is 6.61 Å². The quantitative estimate of drug-likeness (QED) is 0.409. The monoisotopic (exact) mass is 230 g/mol. The third-order valence-electron chi connectivity index (χ3n) is 1.30. The molecule has 1 aromatic rings. The van der Waals surface area contributed by atoms with Gasteiger partial charge in [0.25, 0.3) is 0 Å². The molecule has 7 nitrogen and oxygen atoms in total. The highest BCUT2D eigenvalue weighted by Crippen LogP contribution is 2.05. The van der Waals surface area contributed by atoms with Crippen molar-refractivity contribution in [3.8, 4) is 12.3 Å². The molecule has 1 rings (SSSR count). The second-order valence-corrected chi connectivity index (χ2v) is 3.71. The lowest BCUT2D eigenvalue weighted by molar-refractivity contribution is 0.0543. The Hall–Kier alpha value is -1.85. The Labute approximate surface area is 85.2 Å². The van der Waals surface area contributed by atoms with Crippen LogP contribution < -0.4 is 0 Å². The van der Waals surface area contributed by atoms with Crippen molar-refractivity contribution < 1.29 is 22.5 Å². The van der Waals surface area contributed by atoms with Crippen LogP contribution in [0.1, 0.15) is 10.6 Å². The first-order valence-electron chi connectivity index (χ1n) is 3.58. The van der Waals surface area contributed by atoms with E-state index in [1.807, 2.05) is 0 Å². The molecule has 0 aromatic carbocycles. The smallest absolute Gasteiger partial charge is 0.375 e. The number of H-pyrrole nitrogens is 1. The van der Waals surface area contributed by atoms with Gasteiger partial charge in [-0.1, -0.05) is 5.92 Å². The lowest BCUT2D eigenvalue weighted by atomic mass is 10.6. The second-order valence-electron chi connectivity index (χ2n) is 2.34. The molecule has 15 heavy (non-hydrogen) atoms. The molecule has 0 atom stereocenters. The predicted octanol–water partition coefficient (Wildman–Crippen LogP) is -0.554. The van der Waals surface area contributed by atoms with Crippen molar-refractivity contribution in [1.29, 1.82) is 0 Å². The number of rotatable bonds is 3. The molecule has 0 fully saturated rings. The van der Waals surface area contributed by atoms with E-state index in [-0.39, 0.29) is 12.4 Å². The fourth-order valence-electron chi connectivity index (χ4n) is 0.717. The molecule has 0 aliphatic carbocycles. The maximum Gasteiger partial charge on any atom is 0.375 e. The van der Waals surface area contributed by atoms with Gasteiger partial charge in [0.15, 0.2) is 6.61 Å². The highest BCUT2D eigenvalue weighted by atomic mass is 32.2. The molecular formula is C7H6N2O5S. The summed E-state index contributed by atoms with van der Waals surface area (Å²) in [4.78, 5) is 16.6. The van der Waals surface area contributed by atoms with Gasteiger partial charge >= 0.3 is 16.1 Å². The largest absolute Gasteiger partial charge is 0.447 e. The van der Waals surface area contributed by atoms with Crippen LogP contribution in [-0.2, 0) is 14.9 Å². The Balaban J connectivity index is 2.86. The minimum absolute atomic E-state index is 0.249. The summed E-state index contributed by atoms with van der Waals surface area (Å²) in [6.45, 7) is -0.249. The summed E-state index contributed by atoms with van der Waals surface area (Å²) in [6, 6.07) is 0. The molecule has 2 N–H and O–H groups in total. The van der Waals surface area contributed by atoms with Gasteiger partial charge in [0.05, 0.1) is 0 Å². The number of imidazole rings is 1. The molecule has 0 unspecified atom stereocenters. The number of esters is 1. The van der Waals surface area contributed by atoms with Crippen LogP contribution in [-0.4, -0.2) is 35.5 Å². The SMILES string of the molecule is C#CCOC(=O)c1nc(S(=O)(=O)O)c[nH]1. The van der Waals surface area contributed by atoms with Crippen LogP contribution in [0.5, 0.6) is 0 Å². The van der Waals surface area contributed by atoms with Gasteiger partial charge in [-0.3, -0.25) is 4.55 Å². The number of aromatic amines is 1. The van der Waals surface area contributed by atoms with E-state index in [2.05, 4.69) is 20.6 Å². The molecule has 8 heteroatoms. The van der Waals surface area contributed by atoms with Crippen LogP contribution >= 0.6 is 0 Å². The summed E-state index contributed by atoms with van der Waals surface area (Å²) in [5.41, 5.74) is 0. The van der Waals surface area contributed by atoms with Gasteiger partial charge in [-0.2, -0.15) is 8.42 Å². The lowest BCUT2D eigenvalue weighted by Crippen LogP contribution is -2.08. The standard InChI is InChI=1S/C7H6N2O5S/c1-2-3-14-7(10)6-8-4-5(9-6)15(11,12)13/h1,4H,3H2,(H,8,9)(H,11,12,13). The van der Waals surface area contributed by atoms with Crippen molar-refractivity contribution in [3.05, 3.63) is 12.0 Å². The highest BCUT2D eigenvalue weighted by molar-refractivity contribution is 7.85. The van der Waals surface area contributed by atoms with Crippen LogP contribution in [0.2, 0.25) is 0 Å². The Kier molecular flexibility index (Phi) is 3.08. The lowest BCUT2D eigenvalue weighted by Gasteiger charge is -1.95. The number of hydrogen-bond donors (Lipinski definition) is 2. The maximum absolute atomic E-state index is 11.1. The molecule has 0 aliphatic rings.